The van der Waals surface area contributed by atoms with Crippen LogP contribution in [0.3, 0.4) is 0 Å². The number of hydrogen-bond acceptors (Lipinski definition) is 6. The minimum atomic E-state index is -3.57. The van der Waals surface area contributed by atoms with E-state index >= 15 is 0 Å². The first kappa shape index (κ1) is 25.4. The molecule has 1 saturated heterocycles. The molecule has 0 radical (unpaired) electrons. The molecule has 2 amide bonds. The number of benzene rings is 2. The fourth-order valence-electron chi connectivity index (χ4n) is 3.85. The molecule has 0 bridgehead atoms. The minimum Gasteiger partial charge on any atom is -0.452 e. The van der Waals surface area contributed by atoms with Gasteiger partial charge in [-0.15, -0.1) is 0 Å². The van der Waals surface area contributed by atoms with E-state index in [-0.39, 0.29) is 17.0 Å². The Morgan fingerprint density at radius 3 is 2.12 bits per heavy atom. The predicted molar refractivity (Wildman–Crippen MR) is 127 cm³/mol. The van der Waals surface area contributed by atoms with Gasteiger partial charge in [-0.2, -0.15) is 4.31 Å². The molecule has 0 unspecified atom stereocenters. The number of anilines is 1. The number of hydrogen-bond donors (Lipinski definition) is 2. The molecule has 2 aromatic rings. The summed E-state index contributed by atoms with van der Waals surface area (Å²) in [7, 11) is -3.57. The highest BCUT2D eigenvalue weighted by atomic mass is 32.2. The largest absolute Gasteiger partial charge is 0.452 e. The number of nitrogens with one attached hydrogen (secondary N) is 2. The van der Waals surface area contributed by atoms with Gasteiger partial charge in [0, 0.05) is 18.8 Å². The van der Waals surface area contributed by atoms with Gasteiger partial charge in [0.15, 0.2) is 6.61 Å². The third-order valence-electron chi connectivity index (χ3n) is 5.51. The molecule has 1 heterocycles. The van der Waals surface area contributed by atoms with Crippen LogP contribution in [0.15, 0.2) is 41.3 Å². The van der Waals surface area contributed by atoms with E-state index in [9.17, 15) is 22.8 Å². The van der Waals surface area contributed by atoms with E-state index in [1.54, 1.807) is 0 Å². The molecule has 10 heteroatoms. The van der Waals surface area contributed by atoms with Crippen LogP contribution in [0, 0.1) is 20.8 Å². The first-order chi connectivity index (χ1) is 16.1. The number of carbonyl (C=O) groups is 3. The van der Waals surface area contributed by atoms with Gasteiger partial charge < -0.3 is 15.4 Å². The summed E-state index contributed by atoms with van der Waals surface area (Å²) in [4.78, 5) is 36.5. The van der Waals surface area contributed by atoms with Gasteiger partial charge in [-0.25, -0.2) is 13.2 Å². The maximum Gasteiger partial charge on any atom is 0.338 e. The lowest BCUT2D eigenvalue weighted by Crippen LogP contribution is -2.35. The van der Waals surface area contributed by atoms with Gasteiger partial charge in [0.05, 0.1) is 17.0 Å². The second kappa shape index (κ2) is 10.8. The molecule has 0 aromatic heterocycles. The van der Waals surface area contributed by atoms with Crippen molar-refractivity contribution >= 4 is 33.5 Å². The lowest BCUT2D eigenvalue weighted by molar-refractivity contribution is -0.126. The van der Waals surface area contributed by atoms with Crippen LogP contribution in [-0.4, -0.2) is 56.7 Å². The van der Waals surface area contributed by atoms with E-state index in [0.717, 1.165) is 29.5 Å². The minimum absolute atomic E-state index is 0.105. The zero-order valence-corrected chi connectivity index (χ0v) is 20.3. The Labute approximate surface area is 199 Å². The number of aryl methyl sites for hydroxylation is 3. The monoisotopic (exact) mass is 487 g/mol. The Morgan fingerprint density at radius 2 is 1.53 bits per heavy atom. The summed E-state index contributed by atoms with van der Waals surface area (Å²) in [6.07, 6.45) is 1.66. The first-order valence-corrected chi connectivity index (χ1v) is 12.4. The Kier molecular flexibility index (Phi) is 8.06. The maximum absolute atomic E-state index is 12.5. The van der Waals surface area contributed by atoms with Crippen LogP contribution in [0.4, 0.5) is 5.69 Å². The van der Waals surface area contributed by atoms with Crippen LogP contribution in [0.1, 0.15) is 39.9 Å². The lowest BCUT2D eigenvalue weighted by atomic mass is 10.1. The molecule has 1 aliphatic heterocycles. The summed E-state index contributed by atoms with van der Waals surface area (Å²) in [6, 6.07) is 9.31. The van der Waals surface area contributed by atoms with Gasteiger partial charge in [0.1, 0.15) is 0 Å². The molecular weight excluding hydrogens is 458 g/mol. The SMILES string of the molecule is Cc1cc(C)c(NC(=O)CNC(=O)COC(=O)c2ccc(S(=O)(=O)N3CCCC3)cc2)c(C)c1. The van der Waals surface area contributed by atoms with E-state index in [4.69, 9.17) is 4.74 Å². The summed E-state index contributed by atoms with van der Waals surface area (Å²) in [5.74, 6) is -1.80. The van der Waals surface area contributed by atoms with Crippen LogP contribution >= 0.6 is 0 Å². The highest BCUT2D eigenvalue weighted by molar-refractivity contribution is 7.89. The number of carbonyl (C=O) groups excluding carboxylic acids is 3. The molecule has 3 rings (SSSR count). The number of nitrogens with zero attached hydrogens (tertiary/aromatic N) is 1. The van der Waals surface area contributed by atoms with Gasteiger partial charge in [0.2, 0.25) is 15.9 Å². The quantitative estimate of drug-likeness (QED) is 0.551. The lowest BCUT2D eigenvalue weighted by Gasteiger charge is -2.15. The Hall–Kier alpha value is -3.24. The summed E-state index contributed by atoms with van der Waals surface area (Å²) < 4.78 is 31.5. The fraction of sp³-hybridized carbons (Fsp3) is 0.375. The van der Waals surface area contributed by atoms with Gasteiger partial charge in [-0.05, 0) is 69.0 Å². The van der Waals surface area contributed by atoms with Crippen molar-refractivity contribution in [2.75, 3.05) is 31.6 Å². The summed E-state index contributed by atoms with van der Waals surface area (Å²) in [5, 5.41) is 5.18. The number of esters is 1. The van der Waals surface area contributed by atoms with Crippen LogP contribution < -0.4 is 10.6 Å². The van der Waals surface area contributed by atoms with Gasteiger partial charge in [-0.3, -0.25) is 9.59 Å². The molecule has 1 aliphatic rings. The van der Waals surface area contributed by atoms with E-state index in [1.165, 1.54) is 28.6 Å². The summed E-state index contributed by atoms with van der Waals surface area (Å²) in [5.41, 5.74) is 3.75. The average Bonchev–Trinajstić information content (AvgIpc) is 3.34. The van der Waals surface area contributed by atoms with E-state index in [0.29, 0.717) is 18.8 Å². The van der Waals surface area contributed by atoms with Crippen molar-refractivity contribution in [2.24, 2.45) is 0 Å². The second-order valence-corrected chi connectivity index (χ2v) is 10.2. The predicted octanol–water partition coefficient (Wildman–Crippen LogP) is 2.31. The highest BCUT2D eigenvalue weighted by Gasteiger charge is 2.27. The number of ether oxygens (including phenoxy) is 1. The first-order valence-electron chi connectivity index (χ1n) is 11.0. The van der Waals surface area contributed by atoms with E-state index in [2.05, 4.69) is 10.6 Å². The van der Waals surface area contributed by atoms with Crippen LogP contribution in [0.5, 0.6) is 0 Å². The maximum atomic E-state index is 12.5. The van der Waals surface area contributed by atoms with Crippen molar-refractivity contribution in [3.05, 3.63) is 58.7 Å². The molecule has 0 aliphatic carbocycles. The molecule has 182 valence electrons. The van der Waals surface area contributed by atoms with Crippen LogP contribution in [-0.2, 0) is 24.3 Å². The molecule has 0 spiro atoms. The molecule has 1 fully saturated rings. The Bertz CT molecular complexity index is 1160. The topological polar surface area (TPSA) is 122 Å². The van der Waals surface area contributed by atoms with Crippen molar-refractivity contribution in [3.8, 4) is 0 Å². The molecule has 34 heavy (non-hydrogen) atoms. The molecular formula is C24H29N3O6S. The number of rotatable bonds is 8. The smallest absolute Gasteiger partial charge is 0.338 e. The molecule has 2 aromatic carbocycles. The van der Waals surface area contributed by atoms with Crippen molar-refractivity contribution in [3.63, 3.8) is 0 Å². The molecule has 2 N–H and O–H groups in total. The standard InChI is InChI=1S/C24H29N3O6S/c1-16-12-17(2)23(18(3)13-16)26-21(28)14-25-22(29)15-33-24(30)19-6-8-20(9-7-19)34(31,32)27-10-4-5-11-27/h6-9,12-13H,4-5,10-11,14-15H2,1-3H3,(H,25,29)(H,26,28). The third kappa shape index (κ3) is 6.21. The zero-order chi connectivity index (χ0) is 24.9. The number of amides is 2. The van der Waals surface area contributed by atoms with Crippen LogP contribution in [0.2, 0.25) is 0 Å². The Morgan fingerprint density at radius 1 is 0.941 bits per heavy atom. The second-order valence-electron chi connectivity index (χ2n) is 8.31. The van der Waals surface area contributed by atoms with Gasteiger partial charge in [-0.1, -0.05) is 17.7 Å². The van der Waals surface area contributed by atoms with E-state index < -0.39 is 34.4 Å². The highest BCUT2D eigenvalue weighted by Crippen LogP contribution is 2.22. The number of sulfonamides is 1. The molecule has 9 nitrogen and oxygen atoms in total. The van der Waals surface area contributed by atoms with Crippen molar-refractivity contribution in [2.45, 2.75) is 38.5 Å². The summed E-state index contributed by atoms with van der Waals surface area (Å²) >= 11 is 0. The average molecular weight is 488 g/mol. The van der Waals surface area contributed by atoms with Gasteiger partial charge in [0.25, 0.3) is 5.91 Å². The van der Waals surface area contributed by atoms with Crippen LogP contribution in [0.25, 0.3) is 0 Å². The third-order valence-corrected chi connectivity index (χ3v) is 7.43. The normalized spacial score (nSPS) is 14.0. The molecule has 0 atom stereocenters. The van der Waals surface area contributed by atoms with Gasteiger partial charge >= 0.3 is 5.97 Å². The fourth-order valence-corrected chi connectivity index (χ4v) is 5.36. The Balaban J connectivity index is 1.46. The summed E-state index contributed by atoms with van der Waals surface area (Å²) in [6.45, 7) is 5.89. The molecule has 0 saturated carbocycles. The van der Waals surface area contributed by atoms with Crippen molar-refractivity contribution in [1.29, 1.82) is 0 Å². The van der Waals surface area contributed by atoms with Crippen molar-refractivity contribution < 1.29 is 27.5 Å². The van der Waals surface area contributed by atoms with Crippen molar-refractivity contribution in [1.82, 2.24) is 9.62 Å². The van der Waals surface area contributed by atoms with E-state index in [1.807, 2.05) is 32.9 Å². The zero-order valence-electron chi connectivity index (χ0n) is 19.5.